The molecule has 20 heavy (non-hydrogen) atoms. The number of nitrogens with two attached hydrogens (primary N) is 1. The van der Waals surface area contributed by atoms with E-state index in [2.05, 4.69) is 4.74 Å². The molecule has 2 N–H and O–H groups in total. The van der Waals surface area contributed by atoms with E-state index in [0.29, 0.717) is 18.8 Å². The molecule has 0 saturated carbocycles. The van der Waals surface area contributed by atoms with E-state index in [1.165, 1.54) is 24.3 Å². The fourth-order valence-corrected chi connectivity index (χ4v) is 1.82. The van der Waals surface area contributed by atoms with Crippen molar-refractivity contribution in [1.82, 2.24) is 0 Å². The van der Waals surface area contributed by atoms with Crippen LogP contribution in [0.4, 0.5) is 13.2 Å². The lowest BCUT2D eigenvalue weighted by atomic mass is 10.1. The van der Waals surface area contributed by atoms with Crippen molar-refractivity contribution in [3.8, 4) is 5.75 Å². The van der Waals surface area contributed by atoms with Crippen molar-refractivity contribution in [3.05, 3.63) is 29.8 Å². The summed E-state index contributed by atoms with van der Waals surface area (Å²) in [6.07, 6.45) is -4.72. The highest BCUT2D eigenvalue weighted by Crippen LogP contribution is 2.29. The van der Waals surface area contributed by atoms with Gasteiger partial charge in [0.15, 0.2) is 0 Å². The Kier molecular flexibility index (Phi) is 5.79. The fraction of sp³-hybridized carbons (Fsp3) is 0.538. The van der Waals surface area contributed by atoms with Gasteiger partial charge in [0.2, 0.25) is 5.79 Å². The first-order chi connectivity index (χ1) is 9.37. The topological polar surface area (TPSA) is 53.7 Å². The van der Waals surface area contributed by atoms with Crippen LogP contribution in [0.2, 0.25) is 0 Å². The molecule has 0 saturated heterocycles. The lowest BCUT2D eigenvalue weighted by molar-refractivity contribution is -0.274. The Morgan fingerprint density at radius 1 is 1.00 bits per heavy atom. The van der Waals surface area contributed by atoms with Crippen LogP contribution in [0.1, 0.15) is 19.4 Å². The van der Waals surface area contributed by atoms with Gasteiger partial charge in [0.05, 0.1) is 6.54 Å². The monoisotopic (exact) mass is 293 g/mol. The number of benzene rings is 1. The first-order valence-electron chi connectivity index (χ1n) is 6.21. The molecular weight excluding hydrogens is 275 g/mol. The highest BCUT2D eigenvalue weighted by molar-refractivity contribution is 5.30. The van der Waals surface area contributed by atoms with Crippen LogP contribution in [-0.2, 0) is 15.3 Å². The summed E-state index contributed by atoms with van der Waals surface area (Å²) in [7, 11) is 0. The Bertz CT molecular complexity index is 400. The maximum absolute atomic E-state index is 12.1. The van der Waals surface area contributed by atoms with E-state index in [0.717, 1.165) is 0 Å². The molecule has 4 nitrogen and oxygen atoms in total. The molecule has 0 radical (unpaired) electrons. The summed E-state index contributed by atoms with van der Waals surface area (Å²) >= 11 is 0. The third kappa shape index (κ3) is 4.36. The van der Waals surface area contributed by atoms with Crippen LogP contribution in [0.5, 0.6) is 5.75 Å². The number of alkyl halides is 3. The van der Waals surface area contributed by atoms with Crippen LogP contribution in [0.15, 0.2) is 24.3 Å². The predicted molar refractivity (Wildman–Crippen MR) is 67.1 cm³/mol. The van der Waals surface area contributed by atoms with E-state index in [1.54, 1.807) is 13.8 Å². The van der Waals surface area contributed by atoms with Crippen LogP contribution < -0.4 is 10.5 Å². The molecule has 0 unspecified atom stereocenters. The number of rotatable bonds is 7. The van der Waals surface area contributed by atoms with E-state index < -0.39 is 12.1 Å². The Hall–Kier alpha value is -1.31. The van der Waals surface area contributed by atoms with E-state index in [-0.39, 0.29) is 12.3 Å². The van der Waals surface area contributed by atoms with Crippen LogP contribution in [0, 0.1) is 0 Å². The van der Waals surface area contributed by atoms with Gasteiger partial charge in [0.1, 0.15) is 5.75 Å². The predicted octanol–water partition coefficient (Wildman–Crippen LogP) is 2.77. The smallest absolute Gasteiger partial charge is 0.406 e. The molecule has 0 amide bonds. The average molecular weight is 293 g/mol. The van der Waals surface area contributed by atoms with Crippen molar-refractivity contribution in [2.24, 2.45) is 5.73 Å². The molecule has 0 heterocycles. The summed E-state index contributed by atoms with van der Waals surface area (Å²) < 4.78 is 51.2. The summed E-state index contributed by atoms with van der Waals surface area (Å²) in [5.41, 5.74) is 6.23. The molecule has 0 atom stereocenters. The van der Waals surface area contributed by atoms with Crippen molar-refractivity contribution in [2.45, 2.75) is 26.0 Å². The first kappa shape index (κ1) is 16.7. The van der Waals surface area contributed by atoms with Gasteiger partial charge in [0.25, 0.3) is 0 Å². The Morgan fingerprint density at radius 3 is 1.85 bits per heavy atom. The molecule has 114 valence electrons. The normalized spacial score (nSPS) is 12.5. The van der Waals surface area contributed by atoms with Gasteiger partial charge in [-0.1, -0.05) is 0 Å². The van der Waals surface area contributed by atoms with Crippen LogP contribution in [0.3, 0.4) is 0 Å². The second-order valence-electron chi connectivity index (χ2n) is 3.90. The summed E-state index contributed by atoms with van der Waals surface area (Å²) in [6.45, 7) is 4.33. The quantitative estimate of drug-likeness (QED) is 0.785. The van der Waals surface area contributed by atoms with Gasteiger partial charge in [-0.2, -0.15) is 0 Å². The average Bonchev–Trinajstić information content (AvgIpc) is 2.37. The maximum atomic E-state index is 12.1. The van der Waals surface area contributed by atoms with Crippen molar-refractivity contribution >= 4 is 0 Å². The molecule has 0 spiro atoms. The van der Waals surface area contributed by atoms with E-state index in [1.807, 2.05) is 0 Å². The molecule has 0 bridgehead atoms. The molecule has 0 aliphatic rings. The number of ether oxygens (including phenoxy) is 3. The standard InChI is InChI=1S/C13H18F3NO3/c1-3-18-12(9-17,19-4-2)10-5-7-11(8-6-10)20-13(14,15)16/h5-8H,3-4,9,17H2,1-2H3. The van der Waals surface area contributed by atoms with Gasteiger partial charge in [-0.25, -0.2) is 0 Å². The maximum Gasteiger partial charge on any atom is 0.573 e. The number of halogens is 3. The minimum atomic E-state index is -4.72. The second kappa shape index (κ2) is 6.92. The minimum Gasteiger partial charge on any atom is -0.406 e. The Balaban J connectivity index is 2.98. The first-order valence-corrected chi connectivity index (χ1v) is 6.21. The van der Waals surface area contributed by atoms with Gasteiger partial charge in [0, 0.05) is 18.8 Å². The van der Waals surface area contributed by atoms with Crippen molar-refractivity contribution in [2.75, 3.05) is 19.8 Å². The third-order valence-electron chi connectivity index (χ3n) is 2.55. The van der Waals surface area contributed by atoms with E-state index in [9.17, 15) is 13.2 Å². The molecule has 1 rings (SSSR count). The van der Waals surface area contributed by atoms with E-state index in [4.69, 9.17) is 15.2 Å². The van der Waals surface area contributed by atoms with Crippen LogP contribution in [-0.4, -0.2) is 26.1 Å². The summed E-state index contributed by atoms with van der Waals surface area (Å²) in [5.74, 6) is -1.46. The van der Waals surface area contributed by atoms with Crippen molar-refractivity contribution in [3.63, 3.8) is 0 Å². The zero-order valence-corrected chi connectivity index (χ0v) is 11.4. The molecule has 7 heteroatoms. The van der Waals surface area contributed by atoms with Crippen molar-refractivity contribution < 1.29 is 27.4 Å². The van der Waals surface area contributed by atoms with Gasteiger partial charge < -0.3 is 19.9 Å². The molecule has 0 aliphatic heterocycles. The summed E-state index contributed by atoms with van der Waals surface area (Å²) in [4.78, 5) is 0. The van der Waals surface area contributed by atoms with Crippen molar-refractivity contribution in [1.29, 1.82) is 0 Å². The van der Waals surface area contributed by atoms with Gasteiger partial charge in [-0.15, -0.1) is 13.2 Å². The Labute approximate surface area is 115 Å². The zero-order valence-electron chi connectivity index (χ0n) is 11.4. The zero-order chi connectivity index (χ0) is 15.2. The lowest BCUT2D eigenvalue weighted by Crippen LogP contribution is -2.41. The molecule has 0 aromatic heterocycles. The van der Waals surface area contributed by atoms with Gasteiger partial charge in [-0.05, 0) is 38.1 Å². The van der Waals surface area contributed by atoms with Gasteiger partial charge >= 0.3 is 6.36 Å². The summed E-state index contributed by atoms with van der Waals surface area (Å²) in [5, 5.41) is 0. The molecule has 0 fully saturated rings. The number of hydrogen-bond donors (Lipinski definition) is 1. The highest BCUT2D eigenvalue weighted by atomic mass is 19.4. The second-order valence-corrected chi connectivity index (χ2v) is 3.90. The molecule has 1 aromatic carbocycles. The van der Waals surface area contributed by atoms with Crippen LogP contribution >= 0.6 is 0 Å². The summed E-state index contributed by atoms with van der Waals surface area (Å²) in [6, 6.07) is 5.29. The SMILES string of the molecule is CCOC(CN)(OCC)c1ccc(OC(F)(F)F)cc1. The highest BCUT2D eigenvalue weighted by Gasteiger charge is 2.34. The lowest BCUT2D eigenvalue weighted by Gasteiger charge is -2.32. The number of hydrogen-bond acceptors (Lipinski definition) is 4. The van der Waals surface area contributed by atoms with Gasteiger partial charge in [-0.3, -0.25) is 0 Å². The fourth-order valence-electron chi connectivity index (χ4n) is 1.82. The Morgan fingerprint density at radius 2 is 1.50 bits per heavy atom. The van der Waals surface area contributed by atoms with E-state index >= 15 is 0 Å². The molecule has 0 aliphatic carbocycles. The minimum absolute atomic E-state index is 0.0498. The third-order valence-corrected chi connectivity index (χ3v) is 2.55. The largest absolute Gasteiger partial charge is 0.573 e. The van der Waals surface area contributed by atoms with Crippen LogP contribution in [0.25, 0.3) is 0 Å². The molecule has 1 aromatic rings. The molecular formula is C13H18F3NO3.